The van der Waals surface area contributed by atoms with Gasteiger partial charge in [0.05, 0.1) is 19.9 Å². The molecule has 0 saturated carbocycles. The molecule has 3 fully saturated rings. The molecule has 1 N–H and O–H groups in total. The average molecular weight is 366 g/mol. The number of quaternary nitrogens is 1. The number of fused-ring (bicyclic) bond motifs is 4. The number of carbonyl (C=O) groups excluding carboxylic acids is 1. The summed E-state index contributed by atoms with van der Waals surface area (Å²) >= 11 is 0. The van der Waals surface area contributed by atoms with Gasteiger partial charge in [0.1, 0.15) is 24.0 Å². The summed E-state index contributed by atoms with van der Waals surface area (Å²) in [5.41, 5.74) is 4.01. The Morgan fingerprint density at radius 3 is 2.93 bits per heavy atom. The number of hydrogen-bond donors (Lipinski definition) is 1. The number of carbonyl (C=O) groups is 1. The lowest BCUT2D eigenvalue weighted by atomic mass is 9.54. The molecule has 0 amide bonds. The second-order valence-corrected chi connectivity index (χ2v) is 8.63. The van der Waals surface area contributed by atoms with E-state index in [2.05, 4.69) is 36.3 Å². The first kappa shape index (κ1) is 17.0. The van der Waals surface area contributed by atoms with E-state index in [0.717, 1.165) is 29.4 Å². The molecule has 5 atom stereocenters. The molecule has 5 nitrogen and oxygen atoms in total. The number of allylic oxidation sites excluding steroid dienone is 1. The summed E-state index contributed by atoms with van der Waals surface area (Å²) in [7, 11) is 3.65. The second-order valence-electron chi connectivity index (χ2n) is 8.63. The van der Waals surface area contributed by atoms with Crippen molar-refractivity contribution >= 4 is 16.9 Å². The Morgan fingerprint density at radius 2 is 2.22 bits per heavy atom. The molecule has 4 aliphatic rings. The van der Waals surface area contributed by atoms with Gasteiger partial charge in [-0.1, -0.05) is 24.3 Å². The van der Waals surface area contributed by atoms with E-state index in [0.29, 0.717) is 6.04 Å². The maximum absolute atomic E-state index is 13.1. The topological polar surface area (TPSA) is 65.2 Å². The van der Waals surface area contributed by atoms with Crippen LogP contribution in [0.1, 0.15) is 30.6 Å². The zero-order valence-electron chi connectivity index (χ0n) is 16.1. The molecule has 2 aromatic rings. The highest BCUT2D eigenvalue weighted by molar-refractivity contribution is 5.86. The minimum Gasteiger partial charge on any atom is -0.853 e. The van der Waals surface area contributed by atoms with E-state index in [1.165, 1.54) is 29.3 Å². The van der Waals surface area contributed by atoms with Crippen LogP contribution in [0.5, 0.6) is 0 Å². The van der Waals surface area contributed by atoms with E-state index in [4.69, 9.17) is 4.74 Å². The Kier molecular flexibility index (Phi) is 3.44. The number of aromatic nitrogens is 1. The maximum atomic E-state index is 13.1. The number of piperidine rings is 3. The zero-order valence-corrected chi connectivity index (χ0v) is 16.1. The van der Waals surface area contributed by atoms with Gasteiger partial charge < -0.3 is 19.3 Å². The number of ether oxygens (including phenoxy) is 1. The van der Waals surface area contributed by atoms with E-state index in [1.54, 1.807) is 0 Å². The van der Waals surface area contributed by atoms with Crippen molar-refractivity contribution in [3.63, 3.8) is 0 Å². The maximum Gasteiger partial charge on any atom is 0.317 e. The van der Waals surface area contributed by atoms with E-state index in [1.807, 2.05) is 13.0 Å². The number of rotatable bonds is 2. The summed E-state index contributed by atoms with van der Waals surface area (Å²) < 4.78 is 5.97. The fraction of sp³-hybridized carbons (Fsp3) is 0.500. The first-order valence-corrected chi connectivity index (χ1v) is 9.77. The first-order valence-electron chi connectivity index (χ1n) is 9.77. The number of esters is 1. The van der Waals surface area contributed by atoms with Gasteiger partial charge in [-0.15, -0.1) is 6.61 Å². The Hall–Kier alpha value is -2.11. The molecule has 3 saturated heterocycles. The summed E-state index contributed by atoms with van der Waals surface area (Å²) in [4.78, 5) is 16.7. The summed E-state index contributed by atoms with van der Waals surface area (Å²) in [6.45, 7) is 2.52. The average Bonchev–Trinajstić information content (AvgIpc) is 3.05. The van der Waals surface area contributed by atoms with Crippen LogP contribution in [0, 0.1) is 11.3 Å². The van der Waals surface area contributed by atoms with Crippen molar-refractivity contribution in [1.29, 1.82) is 0 Å². The molecule has 1 aromatic carbocycles. The predicted octanol–water partition coefficient (Wildman–Crippen LogP) is 2.08. The van der Waals surface area contributed by atoms with E-state index in [-0.39, 0.29) is 17.9 Å². The monoisotopic (exact) mass is 366 g/mol. The second kappa shape index (κ2) is 5.46. The molecule has 5 unspecified atom stereocenters. The number of H-pyrrole nitrogens is 1. The minimum absolute atomic E-state index is 0.0260. The molecule has 142 valence electrons. The highest BCUT2D eigenvalue weighted by Crippen LogP contribution is 2.62. The molecule has 5 heteroatoms. The van der Waals surface area contributed by atoms with Crippen molar-refractivity contribution < 1.29 is 19.1 Å². The van der Waals surface area contributed by atoms with Crippen LogP contribution < -0.4 is 5.11 Å². The number of aromatic amines is 1. The molecular weight excluding hydrogens is 340 g/mol. The van der Waals surface area contributed by atoms with Crippen molar-refractivity contribution in [2.45, 2.75) is 31.8 Å². The van der Waals surface area contributed by atoms with Gasteiger partial charge in [-0.05, 0) is 24.1 Å². The van der Waals surface area contributed by atoms with Gasteiger partial charge in [-0.2, -0.15) is 0 Å². The summed E-state index contributed by atoms with van der Waals surface area (Å²) in [6.07, 6.45) is 3.69. The number of likely N-dealkylation sites (N-methyl/N-ethyl adjacent to an activating group) is 1. The van der Waals surface area contributed by atoms with Crippen LogP contribution in [0.2, 0.25) is 0 Å². The quantitative estimate of drug-likeness (QED) is 0.503. The summed E-state index contributed by atoms with van der Waals surface area (Å²) in [5, 5.41) is 13.9. The molecule has 0 radical (unpaired) electrons. The number of hydrogen-bond acceptors (Lipinski definition) is 3. The van der Waals surface area contributed by atoms with E-state index in [9.17, 15) is 9.90 Å². The zero-order chi connectivity index (χ0) is 19.0. The van der Waals surface area contributed by atoms with Crippen molar-refractivity contribution in [2.75, 3.05) is 27.3 Å². The van der Waals surface area contributed by atoms with Crippen molar-refractivity contribution in [1.82, 2.24) is 4.98 Å². The van der Waals surface area contributed by atoms with Gasteiger partial charge in [-0.25, -0.2) is 0 Å². The smallest absolute Gasteiger partial charge is 0.317 e. The third-order valence-corrected chi connectivity index (χ3v) is 7.82. The standard InChI is InChI=1S/C22H26N2O3/c1-4-13-11-24(2)18-10-16(13)22(12-25,21(26)27-3)19(24)9-15-14-7-5-6-8-17(14)23-20(15)18/h4-8,16,18-19,23H,9-12H2,1-3H3. The van der Waals surface area contributed by atoms with E-state index >= 15 is 0 Å². The molecule has 1 aromatic heterocycles. The fourth-order valence-corrected chi connectivity index (χ4v) is 6.59. The number of nitrogens with one attached hydrogen (secondary N) is 1. The molecule has 4 bridgehead atoms. The van der Waals surface area contributed by atoms with Crippen LogP contribution in [-0.4, -0.2) is 48.8 Å². The largest absolute Gasteiger partial charge is 0.853 e. The number of methoxy groups -OCH3 is 1. The third kappa shape index (κ3) is 1.84. The van der Waals surface area contributed by atoms with Gasteiger partial charge in [-0.3, -0.25) is 4.79 Å². The van der Waals surface area contributed by atoms with Gasteiger partial charge in [0.2, 0.25) is 0 Å². The molecule has 6 rings (SSSR count). The van der Waals surface area contributed by atoms with Crippen LogP contribution in [0.25, 0.3) is 10.9 Å². The number of benzene rings is 1. The minimum atomic E-state index is -0.976. The van der Waals surface area contributed by atoms with Crippen molar-refractivity contribution in [2.24, 2.45) is 11.3 Å². The molecule has 5 heterocycles. The van der Waals surface area contributed by atoms with Crippen LogP contribution in [0.4, 0.5) is 0 Å². The van der Waals surface area contributed by atoms with Crippen LogP contribution in [0.3, 0.4) is 0 Å². The van der Waals surface area contributed by atoms with Gasteiger partial charge in [0.25, 0.3) is 0 Å². The lowest BCUT2D eigenvalue weighted by molar-refractivity contribution is -0.982. The predicted molar refractivity (Wildman–Crippen MR) is 101 cm³/mol. The molecular formula is C22H26N2O3. The number of para-hydroxylation sites is 1. The summed E-state index contributed by atoms with van der Waals surface area (Å²) in [5.74, 6) is -0.348. The van der Waals surface area contributed by atoms with Crippen LogP contribution >= 0.6 is 0 Å². The fourth-order valence-electron chi connectivity index (χ4n) is 6.59. The Morgan fingerprint density at radius 1 is 1.44 bits per heavy atom. The third-order valence-electron chi connectivity index (χ3n) is 7.82. The normalized spacial score (nSPS) is 38.2. The Bertz CT molecular complexity index is 977. The summed E-state index contributed by atoms with van der Waals surface area (Å²) in [6, 6.07) is 8.62. The lowest BCUT2D eigenvalue weighted by Crippen LogP contribution is -2.77. The highest BCUT2D eigenvalue weighted by atomic mass is 16.5. The van der Waals surface area contributed by atoms with Gasteiger partial charge >= 0.3 is 5.97 Å². The molecule has 4 aliphatic heterocycles. The van der Waals surface area contributed by atoms with Crippen LogP contribution in [-0.2, 0) is 16.0 Å². The Labute approximate surface area is 159 Å². The number of nitrogens with zero attached hydrogens (tertiary/aromatic N) is 1. The molecule has 0 aliphatic carbocycles. The van der Waals surface area contributed by atoms with Gasteiger partial charge in [0, 0.05) is 29.7 Å². The lowest BCUT2D eigenvalue weighted by Gasteiger charge is -2.67. The van der Waals surface area contributed by atoms with E-state index < -0.39 is 12.0 Å². The van der Waals surface area contributed by atoms with Crippen molar-refractivity contribution in [3.05, 3.63) is 47.2 Å². The van der Waals surface area contributed by atoms with Crippen LogP contribution in [0.15, 0.2) is 35.9 Å². The first-order chi connectivity index (χ1) is 13.0. The molecule has 0 spiro atoms. The van der Waals surface area contributed by atoms with Crippen molar-refractivity contribution in [3.8, 4) is 0 Å². The SMILES string of the molecule is CC=C1C[N+]2(C)C3CC1C(C[O-])(C(=O)OC)C2Cc1c3[nH]c2ccccc12. The Balaban J connectivity index is 1.78. The van der Waals surface area contributed by atoms with Gasteiger partial charge in [0.15, 0.2) is 0 Å². The highest BCUT2D eigenvalue weighted by Gasteiger charge is 2.70. The molecule has 27 heavy (non-hydrogen) atoms.